The molecule has 0 fully saturated rings. The maximum atomic E-state index is 13.3. The van der Waals surface area contributed by atoms with Crippen LogP contribution in [0.2, 0.25) is 5.02 Å². The van der Waals surface area contributed by atoms with Gasteiger partial charge in [0.25, 0.3) is 0 Å². The number of hydrogen-bond acceptors (Lipinski definition) is 6. The van der Waals surface area contributed by atoms with Gasteiger partial charge >= 0.3 is 0 Å². The Kier molecular flexibility index (Phi) is 4.52. The van der Waals surface area contributed by atoms with Crippen molar-refractivity contribution >= 4 is 29.3 Å². The monoisotopic (exact) mass is 366 g/mol. The second-order valence-corrected chi connectivity index (χ2v) is 5.79. The van der Waals surface area contributed by atoms with E-state index in [2.05, 4.69) is 9.97 Å². The molecule has 3 aromatic rings. The van der Waals surface area contributed by atoms with Crippen LogP contribution in [0, 0.1) is 22.6 Å². The number of aromatic nitrogens is 2. The van der Waals surface area contributed by atoms with Crippen molar-refractivity contribution in [1.82, 2.24) is 9.97 Å². The van der Waals surface area contributed by atoms with Crippen molar-refractivity contribution < 1.29 is 4.39 Å². The maximum Gasteiger partial charge on any atom is 0.183 e. The van der Waals surface area contributed by atoms with Crippen LogP contribution < -0.4 is 11.5 Å². The standard InChI is InChI=1S/C18H12ClFN6/c19-13-6-10(5-11(7-21)15(13)23)17-16(9-1-3-12(20)4-2-9)26-18(24)14(8-22)25-17/h1-7,21H,23H2,(H2,24,26). The van der Waals surface area contributed by atoms with Crippen molar-refractivity contribution in [2.24, 2.45) is 0 Å². The molecule has 0 atom stereocenters. The summed E-state index contributed by atoms with van der Waals surface area (Å²) >= 11 is 6.16. The molecule has 0 aliphatic heterocycles. The van der Waals surface area contributed by atoms with Crippen LogP contribution in [-0.2, 0) is 0 Å². The molecular weight excluding hydrogens is 355 g/mol. The number of benzene rings is 2. The van der Waals surface area contributed by atoms with Gasteiger partial charge in [0.15, 0.2) is 11.5 Å². The van der Waals surface area contributed by atoms with Gasteiger partial charge in [-0.1, -0.05) is 11.6 Å². The molecule has 5 N–H and O–H groups in total. The van der Waals surface area contributed by atoms with Crippen molar-refractivity contribution in [3.63, 3.8) is 0 Å². The summed E-state index contributed by atoms with van der Waals surface area (Å²) in [6.45, 7) is 0. The fraction of sp³-hybridized carbons (Fsp3) is 0. The number of nitriles is 1. The third-order valence-electron chi connectivity index (χ3n) is 3.74. The summed E-state index contributed by atoms with van der Waals surface area (Å²) in [5.41, 5.74) is 14.0. The topological polar surface area (TPSA) is 125 Å². The molecule has 0 aliphatic rings. The van der Waals surface area contributed by atoms with Gasteiger partial charge in [0, 0.05) is 22.9 Å². The van der Waals surface area contributed by atoms with Gasteiger partial charge < -0.3 is 16.9 Å². The normalized spacial score (nSPS) is 10.3. The van der Waals surface area contributed by atoms with Gasteiger partial charge in [-0.25, -0.2) is 14.4 Å². The van der Waals surface area contributed by atoms with E-state index in [4.69, 9.17) is 28.5 Å². The Morgan fingerprint density at radius 2 is 1.73 bits per heavy atom. The molecule has 6 nitrogen and oxygen atoms in total. The number of nitrogens with one attached hydrogen (secondary N) is 1. The van der Waals surface area contributed by atoms with Crippen molar-refractivity contribution in [3.8, 4) is 28.6 Å². The van der Waals surface area contributed by atoms with Crippen LogP contribution in [0.1, 0.15) is 11.3 Å². The molecule has 0 radical (unpaired) electrons. The number of nitrogen functional groups attached to an aromatic ring is 2. The summed E-state index contributed by atoms with van der Waals surface area (Å²) in [5.74, 6) is -0.434. The Morgan fingerprint density at radius 3 is 2.35 bits per heavy atom. The Balaban J connectivity index is 2.33. The summed E-state index contributed by atoms with van der Waals surface area (Å²) in [6, 6.07) is 10.7. The smallest absolute Gasteiger partial charge is 0.183 e. The first-order valence-corrected chi connectivity index (χ1v) is 7.75. The predicted octanol–water partition coefficient (Wildman–Crippen LogP) is 3.64. The zero-order valence-electron chi connectivity index (χ0n) is 13.3. The lowest BCUT2D eigenvalue weighted by molar-refractivity contribution is 0.628. The Morgan fingerprint density at radius 1 is 1.08 bits per heavy atom. The van der Waals surface area contributed by atoms with E-state index in [1.807, 2.05) is 6.07 Å². The zero-order valence-corrected chi connectivity index (χ0v) is 14.0. The second-order valence-electron chi connectivity index (χ2n) is 5.38. The first-order chi connectivity index (χ1) is 12.4. The molecule has 0 spiro atoms. The van der Waals surface area contributed by atoms with E-state index in [1.165, 1.54) is 24.3 Å². The van der Waals surface area contributed by atoms with Crippen LogP contribution in [0.15, 0.2) is 36.4 Å². The molecule has 2 aromatic carbocycles. The van der Waals surface area contributed by atoms with Crippen LogP contribution in [0.3, 0.4) is 0 Å². The minimum absolute atomic E-state index is 0.0376. The number of anilines is 2. The van der Waals surface area contributed by atoms with Gasteiger partial charge in [-0.05, 0) is 36.4 Å². The lowest BCUT2D eigenvalue weighted by atomic mass is 10.0. The largest absolute Gasteiger partial charge is 0.397 e. The van der Waals surface area contributed by atoms with Gasteiger partial charge in [0.05, 0.1) is 22.1 Å². The molecule has 0 saturated carbocycles. The molecule has 0 saturated heterocycles. The lowest BCUT2D eigenvalue weighted by Gasteiger charge is -2.12. The molecule has 1 heterocycles. The van der Waals surface area contributed by atoms with E-state index >= 15 is 0 Å². The summed E-state index contributed by atoms with van der Waals surface area (Å²) in [6.07, 6.45) is 1.07. The molecular formula is C18H12ClFN6. The molecule has 26 heavy (non-hydrogen) atoms. The zero-order chi connectivity index (χ0) is 18.8. The molecule has 128 valence electrons. The highest BCUT2D eigenvalue weighted by molar-refractivity contribution is 6.34. The lowest BCUT2D eigenvalue weighted by Crippen LogP contribution is -2.04. The molecule has 0 aliphatic carbocycles. The van der Waals surface area contributed by atoms with Crippen LogP contribution in [-0.4, -0.2) is 16.2 Å². The van der Waals surface area contributed by atoms with Crippen LogP contribution in [0.4, 0.5) is 15.9 Å². The van der Waals surface area contributed by atoms with Gasteiger partial charge in [-0.2, -0.15) is 5.26 Å². The number of halogens is 2. The fourth-order valence-corrected chi connectivity index (χ4v) is 2.66. The number of rotatable bonds is 3. The summed E-state index contributed by atoms with van der Waals surface area (Å²) in [4.78, 5) is 8.56. The third-order valence-corrected chi connectivity index (χ3v) is 4.05. The van der Waals surface area contributed by atoms with Gasteiger partial charge in [-0.15, -0.1) is 0 Å². The Hall–Kier alpha value is -3.50. The van der Waals surface area contributed by atoms with E-state index in [0.717, 1.165) is 6.21 Å². The second kappa shape index (κ2) is 6.78. The minimum Gasteiger partial charge on any atom is -0.397 e. The SMILES string of the molecule is N#Cc1nc(-c2cc(Cl)c(N)c(C=N)c2)c(-c2ccc(F)cc2)nc1N. The average molecular weight is 367 g/mol. The van der Waals surface area contributed by atoms with E-state index in [0.29, 0.717) is 28.1 Å². The first kappa shape index (κ1) is 17.3. The highest BCUT2D eigenvalue weighted by atomic mass is 35.5. The molecule has 0 bridgehead atoms. The summed E-state index contributed by atoms with van der Waals surface area (Å²) < 4.78 is 13.3. The number of nitrogens with two attached hydrogens (primary N) is 2. The number of hydrogen-bond donors (Lipinski definition) is 3. The number of nitrogens with zero attached hydrogens (tertiary/aromatic N) is 3. The van der Waals surface area contributed by atoms with Crippen LogP contribution in [0.5, 0.6) is 0 Å². The molecule has 0 unspecified atom stereocenters. The molecule has 8 heteroatoms. The highest BCUT2D eigenvalue weighted by Crippen LogP contribution is 2.35. The molecule has 0 amide bonds. The van der Waals surface area contributed by atoms with E-state index in [9.17, 15) is 9.65 Å². The molecule has 1 aromatic heterocycles. The quantitative estimate of drug-likeness (QED) is 0.482. The van der Waals surface area contributed by atoms with E-state index in [1.54, 1.807) is 12.1 Å². The van der Waals surface area contributed by atoms with Crippen LogP contribution >= 0.6 is 11.6 Å². The summed E-state index contributed by atoms with van der Waals surface area (Å²) in [5, 5.41) is 16.9. The van der Waals surface area contributed by atoms with Crippen molar-refractivity contribution in [1.29, 1.82) is 10.7 Å². The Labute approximate surface area is 153 Å². The maximum absolute atomic E-state index is 13.3. The van der Waals surface area contributed by atoms with Crippen molar-refractivity contribution in [2.45, 2.75) is 0 Å². The van der Waals surface area contributed by atoms with Gasteiger partial charge in [-0.3, -0.25) is 0 Å². The van der Waals surface area contributed by atoms with Crippen molar-refractivity contribution in [3.05, 3.63) is 58.5 Å². The van der Waals surface area contributed by atoms with Crippen LogP contribution in [0.25, 0.3) is 22.5 Å². The first-order valence-electron chi connectivity index (χ1n) is 7.38. The summed E-state index contributed by atoms with van der Waals surface area (Å²) in [7, 11) is 0. The third kappa shape index (κ3) is 3.06. The highest BCUT2D eigenvalue weighted by Gasteiger charge is 2.17. The van der Waals surface area contributed by atoms with Gasteiger partial charge in [0.2, 0.25) is 0 Å². The minimum atomic E-state index is -0.397. The molecule has 3 rings (SSSR count). The fourth-order valence-electron chi connectivity index (χ4n) is 2.44. The van der Waals surface area contributed by atoms with Gasteiger partial charge in [0.1, 0.15) is 11.9 Å². The van der Waals surface area contributed by atoms with Crippen molar-refractivity contribution in [2.75, 3.05) is 11.5 Å². The predicted molar refractivity (Wildman–Crippen MR) is 99.3 cm³/mol. The Bertz CT molecular complexity index is 1060. The average Bonchev–Trinajstić information content (AvgIpc) is 2.64. The van der Waals surface area contributed by atoms with E-state index < -0.39 is 5.82 Å². The van der Waals surface area contributed by atoms with E-state index in [-0.39, 0.29) is 22.2 Å².